The lowest BCUT2D eigenvalue weighted by molar-refractivity contribution is -0.139. The molecule has 6 fully saturated rings. The van der Waals surface area contributed by atoms with Crippen molar-refractivity contribution in [3.63, 3.8) is 0 Å². The molecule has 1 aromatic heterocycles. The standard InChI is InChI=1S/C28H39N3O4S/c1-15(2)6-7-36-25-19(4-5-21(29-25)31-13-20-22(26(33)34)27(20,3)14-31)24(32)30-23-17-8-16-9-18(23)12-28(35,10-16)11-17/h4-5,15-18,20,22-23,35H,6-14H2,1-3H3,(H,30,32)(H,33,34)/t16?,17?,18?,20-,22+,23?,27-,28?/m0/s1. The van der Waals surface area contributed by atoms with E-state index in [0.29, 0.717) is 42.3 Å². The maximum absolute atomic E-state index is 13.6. The number of carboxylic acid groups (broad SMARTS) is 1. The predicted molar refractivity (Wildman–Crippen MR) is 139 cm³/mol. The van der Waals surface area contributed by atoms with Crippen LogP contribution >= 0.6 is 11.8 Å². The zero-order valence-electron chi connectivity index (χ0n) is 21.6. The molecule has 1 aliphatic heterocycles. The number of hydrogen-bond acceptors (Lipinski definition) is 6. The first-order valence-electron chi connectivity index (χ1n) is 13.7. The molecular weight excluding hydrogens is 474 g/mol. The molecule has 5 saturated carbocycles. The molecule has 0 spiro atoms. The Morgan fingerprint density at radius 2 is 1.94 bits per heavy atom. The van der Waals surface area contributed by atoms with Crippen LogP contribution in [0.2, 0.25) is 0 Å². The summed E-state index contributed by atoms with van der Waals surface area (Å²) >= 11 is 1.65. The number of nitrogens with one attached hydrogen (secondary N) is 1. The Morgan fingerprint density at radius 1 is 1.22 bits per heavy atom. The zero-order valence-corrected chi connectivity index (χ0v) is 22.4. The SMILES string of the molecule is CC(C)CCSc1nc(N2C[C@H]3[C@H](C(=O)O)[C@@]3(C)C2)ccc1C(=O)NC1C2CC3CC1CC(O)(C3)C2. The van der Waals surface area contributed by atoms with Crippen molar-refractivity contribution < 1.29 is 19.8 Å². The third kappa shape index (κ3) is 4.12. The topological polar surface area (TPSA) is 103 Å². The largest absolute Gasteiger partial charge is 0.481 e. The van der Waals surface area contributed by atoms with E-state index in [1.54, 1.807) is 11.8 Å². The van der Waals surface area contributed by atoms with Gasteiger partial charge in [0.25, 0.3) is 5.91 Å². The number of aliphatic hydroxyl groups is 1. The second-order valence-electron chi connectivity index (χ2n) is 13.1. The van der Waals surface area contributed by atoms with Crippen molar-refractivity contribution in [3.8, 4) is 0 Å². The molecule has 196 valence electrons. The van der Waals surface area contributed by atoms with Crippen molar-refractivity contribution >= 4 is 29.5 Å². The molecule has 0 radical (unpaired) electrons. The third-order valence-corrected chi connectivity index (χ3v) is 11.0. The fraction of sp³-hybridized carbons (Fsp3) is 0.750. The molecule has 36 heavy (non-hydrogen) atoms. The second-order valence-corrected chi connectivity index (χ2v) is 14.1. The minimum absolute atomic E-state index is 0.0484. The normalized spacial score (nSPS) is 40.0. The van der Waals surface area contributed by atoms with Crippen LogP contribution in [0, 0.1) is 40.9 Å². The molecule has 7 nitrogen and oxygen atoms in total. The third-order valence-electron chi connectivity index (χ3n) is 9.95. The van der Waals surface area contributed by atoms with Gasteiger partial charge in [-0.05, 0) is 86.0 Å². The predicted octanol–water partition coefficient (Wildman–Crippen LogP) is 4.05. The van der Waals surface area contributed by atoms with Gasteiger partial charge in [-0.25, -0.2) is 4.98 Å². The van der Waals surface area contributed by atoms with Gasteiger partial charge in [0.05, 0.1) is 17.1 Å². The van der Waals surface area contributed by atoms with E-state index in [-0.39, 0.29) is 29.2 Å². The van der Waals surface area contributed by atoms with Crippen molar-refractivity contribution in [2.75, 3.05) is 23.7 Å². The van der Waals surface area contributed by atoms with Crippen LogP contribution in [0.15, 0.2) is 17.2 Å². The Balaban J connectivity index is 1.19. The minimum Gasteiger partial charge on any atom is -0.481 e. The number of thioether (sulfide) groups is 1. The van der Waals surface area contributed by atoms with Crippen molar-refractivity contribution in [2.45, 2.75) is 76.0 Å². The molecule has 1 amide bonds. The first kappa shape index (κ1) is 24.5. The van der Waals surface area contributed by atoms with Gasteiger partial charge >= 0.3 is 5.97 Å². The van der Waals surface area contributed by atoms with E-state index in [1.807, 2.05) is 12.1 Å². The van der Waals surface area contributed by atoms with Gasteiger partial charge in [0.1, 0.15) is 10.8 Å². The van der Waals surface area contributed by atoms with E-state index >= 15 is 0 Å². The molecule has 6 aliphatic rings. The van der Waals surface area contributed by atoms with Crippen LogP contribution in [0.4, 0.5) is 5.82 Å². The number of carbonyl (C=O) groups excluding carboxylic acids is 1. The van der Waals surface area contributed by atoms with E-state index < -0.39 is 11.6 Å². The average Bonchev–Trinajstić information content (AvgIpc) is 3.21. The van der Waals surface area contributed by atoms with Crippen molar-refractivity contribution in [1.29, 1.82) is 0 Å². The highest BCUT2D eigenvalue weighted by atomic mass is 32.2. The quantitative estimate of drug-likeness (QED) is 0.451. The second kappa shape index (κ2) is 8.62. The first-order valence-corrected chi connectivity index (χ1v) is 14.7. The average molecular weight is 514 g/mol. The number of piperidine rings is 1. The fourth-order valence-electron chi connectivity index (χ4n) is 8.26. The van der Waals surface area contributed by atoms with Crippen LogP contribution in [0.25, 0.3) is 0 Å². The highest BCUT2D eigenvalue weighted by Crippen LogP contribution is 2.63. The number of anilines is 1. The zero-order chi connectivity index (χ0) is 25.4. The molecule has 0 aromatic carbocycles. The molecule has 5 aliphatic carbocycles. The van der Waals surface area contributed by atoms with Crippen LogP contribution in [-0.2, 0) is 4.79 Å². The number of hydrogen-bond donors (Lipinski definition) is 3. The van der Waals surface area contributed by atoms with E-state index in [0.717, 1.165) is 55.1 Å². The van der Waals surface area contributed by atoms with Gasteiger partial charge in [-0.15, -0.1) is 11.8 Å². The lowest BCUT2D eigenvalue weighted by Crippen LogP contribution is -2.61. The smallest absolute Gasteiger partial charge is 0.307 e. The molecule has 7 rings (SSSR count). The number of amides is 1. The van der Waals surface area contributed by atoms with Crippen LogP contribution in [0.5, 0.6) is 0 Å². The lowest BCUT2D eigenvalue weighted by Gasteiger charge is -2.58. The Kier molecular flexibility index (Phi) is 5.87. The van der Waals surface area contributed by atoms with Crippen LogP contribution in [0.1, 0.15) is 69.7 Å². The van der Waals surface area contributed by atoms with Gasteiger partial charge in [-0.2, -0.15) is 0 Å². The Hall–Kier alpha value is -1.80. The first-order chi connectivity index (χ1) is 17.1. The summed E-state index contributed by atoms with van der Waals surface area (Å²) in [6, 6.07) is 3.99. The molecule has 3 N–H and O–H groups in total. The van der Waals surface area contributed by atoms with Crippen molar-refractivity contribution in [2.24, 2.45) is 40.9 Å². The Bertz CT molecular complexity index is 1060. The summed E-state index contributed by atoms with van der Waals surface area (Å²) in [7, 11) is 0. The summed E-state index contributed by atoms with van der Waals surface area (Å²) in [6.07, 6.45) is 5.84. The van der Waals surface area contributed by atoms with Gasteiger partial charge < -0.3 is 20.4 Å². The van der Waals surface area contributed by atoms with Crippen molar-refractivity contribution in [1.82, 2.24) is 10.3 Å². The van der Waals surface area contributed by atoms with Gasteiger partial charge in [0.2, 0.25) is 0 Å². The number of fused-ring (bicyclic) bond motifs is 1. The summed E-state index contributed by atoms with van der Waals surface area (Å²) < 4.78 is 0. The molecule has 8 heteroatoms. The molecule has 2 heterocycles. The molecule has 4 bridgehead atoms. The Morgan fingerprint density at radius 3 is 2.53 bits per heavy atom. The van der Waals surface area contributed by atoms with Crippen LogP contribution in [-0.4, -0.2) is 57.6 Å². The van der Waals surface area contributed by atoms with Gasteiger partial charge in [-0.1, -0.05) is 20.8 Å². The molecular formula is C28H39N3O4S. The number of aromatic nitrogens is 1. The highest BCUT2D eigenvalue weighted by Gasteiger charge is 2.69. The van der Waals surface area contributed by atoms with E-state index in [4.69, 9.17) is 4.98 Å². The number of carbonyl (C=O) groups is 2. The van der Waals surface area contributed by atoms with Crippen LogP contribution in [0.3, 0.4) is 0 Å². The van der Waals surface area contributed by atoms with Gasteiger partial charge in [0.15, 0.2) is 0 Å². The van der Waals surface area contributed by atoms with E-state index in [2.05, 4.69) is 31.0 Å². The highest BCUT2D eigenvalue weighted by molar-refractivity contribution is 7.99. The Labute approximate surface area is 217 Å². The lowest BCUT2D eigenvalue weighted by atomic mass is 9.52. The van der Waals surface area contributed by atoms with Gasteiger partial charge in [-0.3, -0.25) is 9.59 Å². The minimum atomic E-state index is -0.691. The summed E-state index contributed by atoms with van der Waals surface area (Å²) in [6.45, 7) is 7.87. The van der Waals surface area contributed by atoms with Gasteiger partial charge in [0, 0.05) is 24.5 Å². The maximum atomic E-state index is 13.6. The van der Waals surface area contributed by atoms with E-state index in [1.165, 1.54) is 0 Å². The van der Waals surface area contributed by atoms with Crippen LogP contribution < -0.4 is 10.2 Å². The van der Waals surface area contributed by atoms with Crippen molar-refractivity contribution in [3.05, 3.63) is 17.7 Å². The monoisotopic (exact) mass is 513 g/mol. The maximum Gasteiger partial charge on any atom is 0.307 e. The summed E-state index contributed by atoms with van der Waals surface area (Å²) in [5, 5.41) is 24.6. The summed E-state index contributed by atoms with van der Waals surface area (Å²) in [5.41, 5.74) is -0.0530. The number of pyridine rings is 1. The number of rotatable bonds is 8. The summed E-state index contributed by atoms with van der Waals surface area (Å²) in [4.78, 5) is 32.3. The number of nitrogens with zero attached hydrogens (tertiary/aromatic N) is 2. The summed E-state index contributed by atoms with van der Waals surface area (Å²) in [5.74, 6) is 2.85. The number of carboxylic acids is 1. The molecule has 2 unspecified atom stereocenters. The molecule has 5 atom stereocenters. The van der Waals surface area contributed by atoms with E-state index in [9.17, 15) is 19.8 Å². The molecule has 1 aromatic rings. The molecule has 1 saturated heterocycles. The fourth-order valence-corrected chi connectivity index (χ4v) is 9.52. The number of aliphatic carboxylic acids is 1.